The number of hydrogen-bond acceptors (Lipinski definition) is 2. The molecule has 0 aromatic carbocycles. The van der Waals surface area contributed by atoms with Gasteiger partial charge in [-0.2, -0.15) is 0 Å². The Balaban J connectivity index is 2.28. The van der Waals surface area contributed by atoms with Crippen LogP contribution >= 0.6 is 0 Å². The fraction of sp³-hybridized carbons (Fsp3) is 0. The van der Waals surface area contributed by atoms with Crippen LogP contribution in [-0.2, 0) is 0 Å². The number of fused-ring (bicyclic) bond motifs is 1. The first-order chi connectivity index (χ1) is 7.45. The van der Waals surface area contributed by atoms with E-state index < -0.39 is 0 Å². The van der Waals surface area contributed by atoms with Gasteiger partial charge in [0.25, 0.3) is 0 Å². The molecule has 0 bridgehead atoms. The molecular weight excluding hydrogens is 186 g/mol. The van der Waals surface area contributed by atoms with Gasteiger partial charge < -0.3 is 0 Å². The predicted octanol–water partition coefficient (Wildman–Crippen LogP) is 2.40. The SMILES string of the molecule is c1ccn2c(-c3ccncc3)cnc2c1. The Kier molecular flexibility index (Phi) is 1.75. The second-order valence-electron chi connectivity index (χ2n) is 3.31. The van der Waals surface area contributed by atoms with E-state index in [2.05, 4.69) is 14.4 Å². The molecule has 0 saturated heterocycles. The maximum atomic E-state index is 4.34. The molecular formula is C12H9N3. The summed E-state index contributed by atoms with van der Waals surface area (Å²) in [4.78, 5) is 8.34. The molecule has 0 fully saturated rings. The lowest BCUT2D eigenvalue weighted by molar-refractivity contribution is 1.19. The average molecular weight is 195 g/mol. The molecule has 0 aliphatic rings. The monoisotopic (exact) mass is 195 g/mol. The van der Waals surface area contributed by atoms with Crippen LogP contribution < -0.4 is 0 Å². The van der Waals surface area contributed by atoms with Crippen LogP contribution in [0.1, 0.15) is 0 Å². The zero-order valence-electron chi connectivity index (χ0n) is 8.04. The van der Waals surface area contributed by atoms with Crippen LogP contribution in [0.5, 0.6) is 0 Å². The number of nitrogens with zero attached hydrogens (tertiary/aromatic N) is 3. The Morgan fingerprint density at radius 1 is 1.00 bits per heavy atom. The zero-order chi connectivity index (χ0) is 10.1. The molecule has 0 radical (unpaired) electrons. The van der Waals surface area contributed by atoms with E-state index in [4.69, 9.17) is 0 Å². The Hall–Kier alpha value is -2.16. The lowest BCUT2D eigenvalue weighted by Crippen LogP contribution is -1.86. The van der Waals surface area contributed by atoms with Crippen LogP contribution in [-0.4, -0.2) is 14.4 Å². The summed E-state index contributed by atoms with van der Waals surface area (Å²) in [5.41, 5.74) is 3.18. The highest BCUT2D eigenvalue weighted by atomic mass is 15.0. The van der Waals surface area contributed by atoms with Gasteiger partial charge in [0, 0.05) is 24.2 Å². The minimum absolute atomic E-state index is 0.962. The van der Waals surface area contributed by atoms with Crippen LogP contribution in [0.25, 0.3) is 16.9 Å². The molecule has 3 aromatic heterocycles. The van der Waals surface area contributed by atoms with Crippen molar-refractivity contribution in [2.24, 2.45) is 0 Å². The van der Waals surface area contributed by atoms with Crippen LogP contribution in [0, 0.1) is 0 Å². The fourth-order valence-corrected chi connectivity index (χ4v) is 1.67. The van der Waals surface area contributed by atoms with Crippen LogP contribution in [0.4, 0.5) is 0 Å². The normalized spacial score (nSPS) is 10.7. The first kappa shape index (κ1) is 8.17. The quantitative estimate of drug-likeness (QED) is 0.596. The summed E-state index contributed by atoms with van der Waals surface area (Å²) in [5, 5.41) is 0. The van der Waals surface area contributed by atoms with Crippen molar-refractivity contribution in [1.29, 1.82) is 0 Å². The number of imidazole rings is 1. The van der Waals surface area contributed by atoms with E-state index in [1.54, 1.807) is 12.4 Å². The minimum Gasteiger partial charge on any atom is -0.300 e. The summed E-state index contributed by atoms with van der Waals surface area (Å²) in [6, 6.07) is 9.94. The highest BCUT2D eigenvalue weighted by molar-refractivity contribution is 5.62. The summed E-state index contributed by atoms with van der Waals surface area (Å²) >= 11 is 0. The molecule has 0 saturated carbocycles. The van der Waals surface area contributed by atoms with Crippen molar-refractivity contribution >= 4 is 5.65 Å². The first-order valence-electron chi connectivity index (χ1n) is 4.77. The lowest BCUT2D eigenvalue weighted by atomic mass is 10.2. The van der Waals surface area contributed by atoms with E-state index in [0.717, 1.165) is 16.9 Å². The van der Waals surface area contributed by atoms with Gasteiger partial charge in [0.15, 0.2) is 0 Å². The molecule has 72 valence electrons. The summed E-state index contributed by atoms with van der Waals surface area (Å²) < 4.78 is 2.06. The molecule has 0 atom stereocenters. The highest BCUT2D eigenvalue weighted by Crippen LogP contribution is 2.19. The van der Waals surface area contributed by atoms with Gasteiger partial charge in [-0.15, -0.1) is 0 Å². The Morgan fingerprint density at radius 2 is 1.87 bits per heavy atom. The van der Waals surface area contributed by atoms with E-state index in [-0.39, 0.29) is 0 Å². The Bertz CT molecular complexity index is 584. The molecule has 0 unspecified atom stereocenters. The van der Waals surface area contributed by atoms with E-state index in [1.807, 2.05) is 42.7 Å². The molecule has 0 aliphatic carbocycles. The second kappa shape index (κ2) is 3.20. The van der Waals surface area contributed by atoms with Gasteiger partial charge in [0.05, 0.1) is 11.9 Å². The van der Waals surface area contributed by atoms with Crippen molar-refractivity contribution in [1.82, 2.24) is 14.4 Å². The van der Waals surface area contributed by atoms with Gasteiger partial charge in [0.2, 0.25) is 0 Å². The van der Waals surface area contributed by atoms with Crippen molar-refractivity contribution in [3.63, 3.8) is 0 Å². The van der Waals surface area contributed by atoms with Gasteiger partial charge in [0.1, 0.15) is 5.65 Å². The predicted molar refractivity (Wildman–Crippen MR) is 58.4 cm³/mol. The van der Waals surface area contributed by atoms with Crippen LogP contribution in [0.2, 0.25) is 0 Å². The second-order valence-corrected chi connectivity index (χ2v) is 3.31. The molecule has 0 aliphatic heterocycles. The van der Waals surface area contributed by atoms with Gasteiger partial charge in [-0.05, 0) is 24.3 Å². The van der Waals surface area contributed by atoms with E-state index in [9.17, 15) is 0 Å². The number of hydrogen-bond donors (Lipinski definition) is 0. The Labute approximate surface area is 87.0 Å². The smallest absolute Gasteiger partial charge is 0.137 e. The van der Waals surface area contributed by atoms with Crippen molar-refractivity contribution in [2.45, 2.75) is 0 Å². The number of aromatic nitrogens is 3. The number of rotatable bonds is 1. The largest absolute Gasteiger partial charge is 0.300 e. The third-order valence-corrected chi connectivity index (χ3v) is 2.39. The maximum Gasteiger partial charge on any atom is 0.137 e. The van der Waals surface area contributed by atoms with E-state index >= 15 is 0 Å². The van der Waals surface area contributed by atoms with Crippen LogP contribution in [0.3, 0.4) is 0 Å². The molecule has 0 spiro atoms. The molecule has 3 heterocycles. The topological polar surface area (TPSA) is 30.2 Å². The standard InChI is InChI=1S/C12H9N3/c1-2-8-15-11(9-14-12(15)3-1)10-4-6-13-7-5-10/h1-9H. The molecule has 15 heavy (non-hydrogen) atoms. The summed E-state index contributed by atoms with van der Waals surface area (Å²) in [7, 11) is 0. The van der Waals surface area contributed by atoms with Crippen molar-refractivity contribution in [2.75, 3.05) is 0 Å². The first-order valence-corrected chi connectivity index (χ1v) is 4.77. The molecule has 3 rings (SSSR count). The third kappa shape index (κ3) is 1.29. The zero-order valence-corrected chi connectivity index (χ0v) is 8.04. The molecule has 0 N–H and O–H groups in total. The van der Waals surface area contributed by atoms with Gasteiger partial charge in [-0.25, -0.2) is 4.98 Å². The average Bonchev–Trinajstić information content (AvgIpc) is 2.74. The third-order valence-electron chi connectivity index (χ3n) is 2.39. The van der Waals surface area contributed by atoms with Crippen molar-refractivity contribution < 1.29 is 0 Å². The van der Waals surface area contributed by atoms with E-state index in [0.29, 0.717) is 0 Å². The van der Waals surface area contributed by atoms with Crippen molar-refractivity contribution in [3.8, 4) is 11.3 Å². The van der Waals surface area contributed by atoms with Gasteiger partial charge in [-0.1, -0.05) is 6.07 Å². The highest BCUT2D eigenvalue weighted by Gasteiger charge is 2.03. The summed E-state index contributed by atoms with van der Waals surface area (Å²) in [6.07, 6.45) is 7.47. The van der Waals surface area contributed by atoms with Crippen molar-refractivity contribution in [3.05, 3.63) is 55.1 Å². The maximum absolute atomic E-state index is 4.34. The number of pyridine rings is 2. The van der Waals surface area contributed by atoms with Gasteiger partial charge >= 0.3 is 0 Å². The molecule has 0 amide bonds. The summed E-state index contributed by atoms with van der Waals surface area (Å²) in [5.74, 6) is 0. The fourth-order valence-electron chi connectivity index (χ4n) is 1.67. The lowest BCUT2D eigenvalue weighted by Gasteiger charge is -2.00. The van der Waals surface area contributed by atoms with E-state index in [1.165, 1.54) is 0 Å². The minimum atomic E-state index is 0.962. The summed E-state index contributed by atoms with van der Waals surface area (Å²) in [6.45, 7) is 0. The van der Waals surface area contributed by atoms with Crippen LogP contribution in [0.15, 0.2) is 55.1 Å². The Morgan fingerprint density at radius 3 is 2.73 bits per heavy atom. The molecule has 3 aromatic rings. The van der Waals surface area contributed by atoms with Gasteiger partial charge in [-0.3, -0.25) is 9.38 Å². The molecule has 3 heteroatoms. The molecule has 3 nitrogen and oxygen atoms in total.